The Hall–Kier alpha value is -6.31. The zero-order chi connectivity index (χ0) is 44.8. The van der Waals surface area contributed by atoms with E-state index in [2.05, 4.69) is 4.99 Å². The summed E-state index contributed by atoms with van der Waals surface area (Å²) in [7, 11) is 0. The molecule has 2 aliphatic rings. The molecule has 1 aliphatic carbocycles. The Morgan fingerprint density at radius 3 is 2.27 bits per heavy atom. The molecule has 0 aromatic heterocycles. The first kappa shape index (κ1) is 45.2. The normalized spacial score (nSPS) is 19.5. The summed E-state index contributed by atoms with van der Waals surface area (Å²) in [5.74, 6) is -3.83. The summed E-state index contributed by atoms with van der Waals surface area (Å²) in [5, 5.41) is 64.2. The van der Waals surface area contributed by atoms with Crippen molar-refractivity contribution in [1.29, 1.82) is 0 Å². The van der Waals surface area contributed by atoms with Gasteiger partial charge in [0, 0.05) is 53.3 Å². The van der Waals surface area contributed by atoms with Gasteiger partial charge in [0.05, 0.1) is 38.0 Å². The fourth-order valence-electron chi connectivity index (χ4n) is 7.61. The van der Waals surface area contributed by atoms with Crippen LogP contribution < -0.4 is 20.9 Å². The van der Waals surface area contributed by atoms with Crippen molar-refractivity contribution in [1.82, 2.24) is 0 Å². The number of phenols is 1. The Balaban J connectivity index is 1.56. The minimum atomic E-state index is -1.59. The van der Waals surface area contributed by atoms with Crippen LogP contribution in [-0.4, -0.2) is 111 Å². The van der Waals surface area contributed by atoms with Gasteiger partial charge in [-0.25, -0.2) is 0 Å². The zero-order valence-electron chi connectivity index (χ0n) is 33.8. The number of nitrogens with two attached hydrogens (primary N) is 2. The van der Waals surface area contributed by atoms with Crippen molar-refractivity contribution in [2.45, 2.75) is 70.6 Å². The molecule has 5 unspecified atom stereocenters. The van der Waals surface area contributed by atoms with Crippen LogP contribution in [0.25, 0.3) is 12.2 Å². The third-order valence-electron chi connectivity index (χ3n) is 10.6. The monoisotopic (exact) mass is 853 g/mol. The van der Waals surface area contributed by atoms with Crippen LogP contribution in [0.3, 0.4) is 0 Å². The largest absolute Gasteiger partial charge is 0.507 e. The van der Waals surface area contributed by atoms with E-state index in [0.29, 0.717) is 18.3 Å². The Labute approximate surface area is 355 Å². The second kappa shape index (κ2) is 19.6. The van der Waals surface area contributed by atoms with Gasteiger partial charge in [-0.05, 0) is 59.4 Å². The highest BCUT2D eigenvalue weighted by molar-refractivity contribution is 6.31. The van der Waals surface area contributed by atoms with Crippen LogP contribution in [0.1, 0.15) is 95.0 Å². The summed E-state index contributed by atoms with van der Waals surface area (Å²) in [6, 6.07) is 14.3. The molecular weight excluding hydrogens is 807 g/mol. The van der Waals surface area contributed by atoms with E-state index in [9.17, 15) is 49.8 Å². The molecule has 0 radical (unpaired) electrons. The van der Waals surface area contributed by atoms with Gasteiger partial charge in [0.1, 0.15) is 35.6 Å². The molecular formula is C45H47N3O14. The number of fused-ring (bicyclic) bond motifs is 2. The van der Waals surface area contributed by atoms with E-state index in [1.165, 1.54) is 31.2 Å². The lowest BCUT2D eigenvalue weighted by atomic mass is 9.77. The summed E-state index contributed by atoms with van der Waals surface area (Å²) < 4.78 is 23.7. The smallest absolute Gasteiger partial charge is 0.308 e. The first-order chi connectivity index (χ1) is 29.7. The predicted molar refractivity (Wildman–Crippen MR) is 223 cm³/mol. The number of benzene rings is 4. The highest BCUT2D eigenvalue weighted by atomic mass is 16.7. The molecule has 10 N–H and O–H groups in total. The minimum absolute atomic E-state index is 0.00206. The number of hydrogen-bond acceptors (Lipinski definition) is 15. The van der Waals surface area contributed by atoms with Crippen LogP contribution in [0.4, 0.5) is 0 Å². The van der Waals surface area contributed by atoms with Crippen molar-refractivity contribution in [2.24, 2.45) is 16.5 Å². The van der Waals surface area contributed by atoms with Crippen molar-refractivity contribution in [3.63, 3.8) is 0 Å². The van der Waals surface area contributed by atoms with Crippen molar-refractivity contribution in [3.8, 4) is 17.2 Å². The van der Waals surface area contributed by atoms with Gasteiger partial charge in [0.2, 0.25) is 6.29 Å². The second-order valence-electron chi connectivity index (χ2n) is 14.7. The zero-order valence-corrected chi connectivity index (χ0v) is 33.8. The van der Waals surface area contributed by atoms with Crippen molar-refractivity contribution in [2.75, 3.05) is 19.8 Å². The molecule has 4 aromatic carbocycles. The number of aliphatic imine (C=N–C) groups is 1. The van der Waals surface area contributed by atoms with E-state index in [-0.39, 0.29) is 93.7 Å². The van der Waals surface area contributed by atoms with Gasteiger partial charge in [-0.1, -0.05) is 48.5 Å². The van der Waals surface area contributed by atoms with E-state index in [1.807, 2.05) is 6.07 Å². The van der Waals surface area contributed by atoms with Crippen molar-refractivity contribution < 1.29 is 68.8 Å². The molecule has 6 rings (SSSR count). The number of esters is 1. The van der Waals surface area contributed by atoms with Crippen molar-refractivity contribution in [3.05, 3.63) is 121 Å². The summed E-state index contributed by atoms with van der Waals surface area (Å²) in [6.07, 6.45) is -3.33. The number of aromatic hydroxyl groups is 1. The number of hydrogen-bond donors (Lipinski definition) is 8. The fourth-order valence-corrected chi connectivity index (χ4v) is 7.61. The third kappa shape index (κ3) is 9.29. The van der Waals surface area contributed by atoms with E-state index >= 15 is 0 Å². The summed E-state index contributed by atoms with van der Waals surface area (Å²) >= 11 is 0. The molecule has 0 bridgehead atoms. The van der Waals surface area contributed by atoms with Crippen LogP contribution in [-0.2, 0) is 40.3 Å². The maximum atomic E-state index is 15.0. The molecule has 17 heteroatoms. The lowest BCUT2D eigenvalue weighted by Gasteiger charge is -2.41. The van der Waals surface area contributed by atoms with Gasteiger partial charge >= 0.3 is 5.97 Å². The highest BCUT2D eigenvalue weighted by Gasteiger charge is 2.46. The van der Waals surface area contributed by atoms with Gasteiger partial charge < -0.3 is 61.1 Å². The average molecular weight is 854 g/mol. The van der Waals surface area contributed by atoms with Crippen LogP contribution in [0.2, 0.25) is 0 Å². The topological polar surface area (TPSA) is 291 Å². The second-order valence-corrected chi connectivity index (χ2v) is 14.7. The first-order valence-electron chi connectivity index (χ1n) is 19.6. The van der Waals surface area contributed by atoms with E-state index in [1.54, 1.807) is 36.4 Å². The van der Waals surface area contributed by atoms with Gasteiger partial charge in [0.25, 0.3) is 0 Å². The number of ketones is 2. The molecule has 0 amide bonds. The van der Waals surface area contributed by atoms with E-state index in [4.69, 9.17) is 30.4 Å². The number of nitrogens with zero attached hydrogens (tertiary/aromatic N) is 1. The standard InChI is InChI=1S/C45H47N3O14/c1-22-38(54)42(58)43(59-14-12-48-45(46)47)44(60-22)62-34-18-31-37(39(55)30(34)16-26-7-4-8-27(19-50)32(26)21-52)41(57)35-28(20-51)17-33(61-23(2)53)29(36(35)40(31)56)10-9-24-5-3-6-25(15-24)11-13-49/h3-10,15,17-18,21-22,38,42-44,49-51,54-55,58H,11-14,16,19-20H2,1-2H3,(H4,46,47,48). The number of carbonyl (C=O) groups is 4. The van der Waals surface area contributed by atoms with Gasteiger partial charge in [0.15, 0.2) is 23.8 Å². The lowest BCUT2D eigenvalue weighted by Crippen LogP contribution is -2.59. The van der Waals surface area contributed by atoms with Crippen molar-refractivity contribution >= 4 is 41.9 Å². The molecule has 1 heterocycles. The number of aliphatic hydroxyl groups is 5. The van der Waals surface area contributed by atoms with Crippen LogP contribution in [0.5, 0.6) is 17.2 Å². The molecule has 4 aromatic rings. The number of ether oxygens (including phenoxy) is 4. The maximum Gasteiger partial charge on any atom is 0.308 e. The third-order valence-corrected chi connectivity index (χ3v) is 10.6. The minimum Gasteiger partial charge on any atom is -0.507 e. The molecule has 1 aliphatic heterocycles. The Morgan fingerprint density at radius 2 is 1.60 bits per heavy atom. The quantitative estimate of drug-likeness (QED) is 0.0133. The molecule has 17 nitrogen and oxygen atoms in total. The van der Waals surface area contributed by atoms with Gasteiger partial charge in [-0.15, -0.1) is 0 Å². The highest BCUT2D eigenvalue weighted by Crippen LogP contribution is 2.45. The van der Waals surface area contributed by atoms with Crippen LogP contribution in [0.15, 0.2) is 59.6 Å². The first-order valence-corrected chi connectivity index (χ1v) is 19.6. The van der Waals surface area contributed by atoms with E-state index in [0.717, 1.165) is 12.5 Å². The molecule has 5 atom stereocenters. The van der Waals surface area contributed by atoms with E-state index < -0.39 is 72.8 Å². The molecule has 0 saturated carbocycles. The summed E-state index contributed by atoms with van der Waals surface area (Å²) in [4.78, 5) is 58.4. The fraction of sp³-hybridized carbons (Fsp3) is 0.311. The number of carbonyl (C=O) groups excluding carboxylic acids is 4. The molecule has 0 spiro atoms. The number of phenolic OH excluding ortho intramolecular Hbond substituents is 1. The van der Waals surface area contributed by atoms with Crippen LogP contribution >= 0.6 is 0 Å². The van der Waals surface area contributed by atoms with Crippen LogP contribution in [0, 0.1) is 0 Å². The maximum absolute atomic E-state index is 15.0. The molecule has 1 fully saturated rings. The molecule has 62 heavy (non-hydrogen) atoms. The number of aldehydes is 1. The number of rotatable bonds is 16. The summed E-state index contributed by atoms with van der Waals surface area (Å²) in [5.41, 5.74) is 11.4. The SMILES string of the molecule is CC(=O)Oc1cc(CO)c2c(c1C=Cc1cccc(CCO)c1)C(=O)c1cc(OC3OC(C)C(O)C(O)C3OCCN=C(N)N)c(Cc3cccc(CO)c3C=O)c(O)c1C2=O. The number of aliphatic hydroxyl groups excluding tert-OH is 5. The predicted octanol–water partition coefficient (Wildman–Crippen LogP) is 1.69. The van der Waals surface area contributed by atoms with Gasteiger partial charge in [-0.2, -0.15) is 0 Å². The molecule has 326 valence electrons. The van der Waals surface area contributed by atoms with Gasteiger partial charge in [-0.3, -0.25) is 24.2 Å². The Bertz CT molecular complexity index is 2440. The lowest BCUT2D eigenvalue weighted by molar-refractivity contribution is -0.278. The number of guanidine groups is 1. The summed E-state index contributed by atoms with van der Waals surface area (Å²) in [6.45, 7) is 1.03. The molecule has 1 saturated heterocycles. The average Bonchev–Trinajstić information content (AvgIpc) is 3.24. The Kier molecular flexibility index (Phi) is 14.3. The Morgan fingerprint density at radius 1 is 0.871 bits per heavy atom.